The molecule has 0 aliphatic carbocycles. The van der Waals surface area contributed by atoms with E-state index < -0.39 is 0 Å². The van der Waals surface area contributed by atoms with Crippen LogP contribution in [0.2, 0.25) is 0 Å². The van der Waals surface area contributed by atoms with Gasteiger partial charge in [-0.3, -0.25) is 14.6 Å². The predicted molar refractivity (Wildman–Crippen MR) is 93.3 cm³/mol. The summed E-state index contributed by atoms with van der Waals surface area (Å²) < 4.78 is 0. The summed E-state index contributed by atoms with van der Waals surface area (Å²) in [6.07, 6.45) is 3.23. The van der Waals surface area contributed by atoms with Crippen LogP contribution in [-0.2, 0) is 16.0 Å². The Morgan fingerprint density at radius 3 is 3.00 bits per heavy atom. The molecule has 0 spiro atoms. The maximum Gasteiger partial charge on any atom is 0.222 e. The van der Waals surface area contributed by atoms with Crippen molar-refractivity contribution in [3.63, 3.8) is 0 Å². The van der Waals surface area contributed by atoms with Crippen LogP contribution < -0.4 is 0 Å². The number of thioether (sulfide) groups is 1. The average molecular weight is 328 g/mol. The molecular weight excluding hydrogens is 308 g/mol. The second kappa shape index (κ2) is 7.13. The molecular formula is C18H20N2O2S. The van der Waals surface area contributed by atoms with Crippen LogP contribution >= 0.6 is 11.8 Å². The number of fused-ring (bicyclic) bond motifs is 1. The third-order valence-corrected chi connectivity index (χ3v) is 5.25. The van der Waals surface area contributed by atoms with Crippen LogP contribution in [-0.4, -0.2) is 39.7 Å². The molecule has 1 aromatic heterocycles. The number of rotatable bonds is 5. The Labute approximate surface area is 140 Å². The minimum Gasteiger partial charge on any atom is -0.342 e. The van der Waals surface area contributed by atoms with Crippen LogP contribution in [0.1, 0.15) is 18.9 Å². The van der Waals surface area contributed by atoms with Crippen LogP contribution in [0.3, 0.4) is 0 Å². The molecule has 2 aromatic rings. The second-order valence-electron chi connectivity index (χ2n) is 5.95. The van der Waals surface area contributed by atoms with Gasteiger partial charge in [-0.2, -0.15) is 0 Å². The monoisotopic (exact) mass is 328 g/mol. The number of para-hydroxylation sites is 1. The van der Waals surface area contributed by atoms with Gasteiger partial charge in [0, 0.05) is 43.8 Å². The van der Waals surface area contributed by atoms with Crippen molar-refractivity contribution in [3.05, 3.63) is 42.1 Å². The number of hydrogen-bond acceptors (Lipinski definition) is 4. The Hall–Kier alpha value is -1.88. The number of carbonyl (C=O) groups is 2. The maximum atomic E-state index is 12.1. The van der Waals surface area contributed by atoms with Crippen molar-refractivity contribution in [1.29, 1.82) is 0 Å². The Morgan fingerprint density at radius 2 is 2.17 bits per heavy atom. The molecule has 1 aromatic carbocycles. The quantitative estimate of drug-likeness (QED) is 0.847. The van der Waals surface area contributed by atoms with Gasteiger partial charge in [0.25, 0.3) is 0 Å². The highest BCUT2D eigenvalue weighted by Crippen LogP contribution is 2.23. The van der Waals surface area contributed by atoms with Crippen molar-refractivity contribution in [3.8, 4) is 0 Å². The fraction of sp³-hybridized carbons (Fsp3) is 0.389. The van der Waals surface area contributed by atoms with Crippen molar-refractivity contribution in [2.24, 2.45) is 5.92 Å². The molecule has 0 N–H and O–H groups in total. The molecule has 1 fully saturated rings. The van der Waals surface area contributed by atoms with Crippen LogP contribution in [0.4, 0.5) is 0 Å². The molecule has 1 amide bonds. The van der Waals surface area contributed by atoms with Crippen molar-refractivity contribution in [2.75, 3.05) is 18.8 Å². The summed E-state index contributed by atoms with van der Waals surface area (Å²) in [5.74, 6) is 1.25. The van der Waals surface area contributed by atoms with E-state index >= 15 is 0 Å². The summed E-state index contributed by atoms with van der Waals surface area (Å²) in [5, 5.41) is 1.28. The van der Waals surface area contributed by atoms with Crippen molar-refractivity contribution in [1.82, 2.24) is 9.88 Å². The van der Waals surface area contributed by atoms with E-state index in [4.69, 9.17) is 0 Å². The topological polar surface area (TPSA) is 50.3 Å². The minimum atomic E-state index is 0.124. The van der Waals surface area contributed by atoms with E-state index in [0.29, 0.717) is 12.3 Å². The van der Waals surface area contributed by atoms with Gasteiger partial charge in [-0.25, -0.2) is 0 Å². The van der Waals surface area contributed by atoms with Crippen molar-refractivity contribution >= 4 is 33.7 Å². The largest absolute Gasteiger partial charge is 0.342 e. The van der Waals surface area contributed by atoms with E-state index in [9.17, 15) is 9.59 Å². The average Bonchev–Trinajstić information content (AvgIpc) is 2.91. The van der Waals surface area contributed by atoms with Gasteiger partial charge in [-0.05, 0) is 30.0 Å². The minimum absolute atomic E-state index is 0.124. The summed E-state index contributed by atoms with van der Waals surface area (Å²) in [4.78, 5) is 29.5. The summed E-state index contributed by atoms with van der Waals surface area (Å²) in [6.45, 7) is 3.07. The molecule has 1 atom stereocenters. The number of aromatic nitrogens is 1. The molecule has 120 valence electrons. The van der Waals surface area contributed by atoms with E-state index in [2.05, 4.69) is 11.1 Å². The lowest BCUT2D eigenvalue weighted by molar-refractivity contribution is -0.127. The maximum absolute atomic E-state index is 12.1. The number of likely N-dealkylation sites (tertiary alicyclic amines) is 1. The van der Waals surface area contributed by atoms with Gasteiger partial charge >= 0.3 is 0 Å². The first kappa shape index (κ1) is 16.0. The van der Waals surface area contributed by atoms with Crippen molar-refractivity contribution in [2.45, 2.75) is 19.8 Å². The first-order chi connectivity index (χ1) is 11.1. The molecule has 0 bridgehead atoms. The molecule has 23 heavy (non-hydrogen) atoms. The highest BCUT2D eigenvalue weighted by atomic mass is 32.2. The number of nitrogens with zero attached hydrogens (tertiary/aromatic N) is 2. The summed E-state index contributed by atoms with van der Waals surface area (Å²) in [7, 11) is 0. The zero-order chi connectivity index (χ0) is 16.2. The molecule has 2 heterocycles. The normalized spacial score (nSPS) is 17.9. The lowest BCUT2D eigenvalue weighted by atomic mass is 10.1. The molecule has 3 rings (SSSR count). The van der Waals surface area contributed by atoms with E-state index in [1.54, 1.807) is 6.92 Å². The van der Waals surface area contributed by atoms with Gasteiger partial charge in [0.15, 0.2) is 5.12 Å². The number of hydrogen-bond donors (Lipinski definition) is 0. The zero-order valence-electron chi connectivity index (χ0n) is 13.2. The molecule has 1 saturated heterocycles. The van der Waals surface area contributed by atoms with E-state index in [1.807, 2.05) is 35.4 Å². The number of benzene rings is 1. The van der Waals surface area contributed by atoms with Gasteiger partial charge in [-0.1, -0.05) is 30.0 Å². The van der Waals surface area contributed by atoms with E-state index in [1.165, 1.54) is 17.3 Å². The molecule has 1 aliphatic rings. The van der Waals surface area contributed by atoms with Gasteiger partial charge in [0.05, 0.1) is 5.52 Å². The van der Waals surface area contributed by atoms with E-state index in [0.717, 1.165) is 36.2 Å². The lowest BCUT2D eigenvalue weighted by Crippen LogP contribution is -2.27. The molecule has 1 unspecified atom stereocenters. The fourth-order valence-corrected chi connectivity index (χ4v) is 3.74. The van der Waals surface area contributed by atoms with Crippen LogP contribution in [0.25, 0.3) is 10.9 Å². The Balaban J connectivity index is 1.61. The van der Waals surface area contributed by atoms with Crippen LogP contribution in [0.5, 0.6) is 0 Å². The SMILES string of the molecule is CC(=O)SCC1CC(=O)N(CCc2ccnc3ccccc23)C1. The smallest absolute Gasteiger partial charge is 0.222 e. The summed E-state index contributed by atoms with van der Waals surface area (Å²) >= 11 is 1.32. The van der Waals surface area contributed by atoms with Gasteiger partial charge in [0.2, 0.25) is 5.91 Å². The van der Waals surface area contributed by atoms with Gasteiger partial charge < -0.3 is 4.90 Å². The first-order valence-corrected chi connectivity index (χ1v) is 8.86. The summed E-state index contributed by atoms with van der Waals surface area (Å²) in [6, 6.07) is 10.1. The molecule has 4 nitrogen and oxygen atoms in total. The number of carbonyl (C=O) groups excluding carboxylic acids is 2. The molecule has 0 saturated carbocycles. The summed E-state index contributed by atoms with van der Waals surface area (Å²) in [5.41, 5.74) is 2.22. The second-order valence-corrected chi connectivity index (χ2v) is 7.15. The van der Waals surface area contributed by atoms with Crippen LogP contribution in [0.15, 0.2) is 36.5 Å². The third-order valence-electron chi connectivity index (χ3n) is 4.21. The molecule has 5 heteroatoms. The highest BCUT2D eigenvalue weighted by Gasteiger charge is 2.29. The van der Waals surface area contributed by atoms with Gasteiger partial charge in [0.1, 0.15) is 0 Å². The highest BCUT2D eigenvalue weighted by molar-refractivity contribution is 8.13. The number of amides is 1. The number of pyridine rings is 1. The lowest BCUT2D eigenvalue weighted by Gasteiger charge is -2.17. The first-order valence-electron chi connectivity index (χ1n) is 7.87. The van der Waals surface area contributed by atoms with Crippen molar-refractivity contribution < 1.29 is 9.59 Å². The Kier molecular flexibility index (Phi) is 4.96. The Bertz CT molecular complexity index is 727. The van der Waals surface area contributed by atoms with Crippen LogP contribution in [0, 0.1) is 5.92 Å². The Morgan fingerprint density at radius 1 is 1.35 bits per heavy atom. The third kappa shape index (κ3) is 3.91. The van der Waals surface area contributed by atoms with E-state index in [-0.39, 0.29) is 11.0 Å². The van der Waals surface area contributed by atoms with Gasteiger partial charge in [-0.15, -0.1) is 0 Å². The molecule has 1 aliphatic heterocycles. The predicted octanol–water partition coefficient (Wildman–Crippen LogP) is 2.91. The zero-order valence-corrected chi connectivity index (χ0v) is 14.0. The standard InChI is InChI=1S/C18H20N2O2S/c1-13(21)23-12-14-10-18(22)20(11-14)9-7-15-6-8-19-17-5-3-2-4-16(15)17/h2-6,8,14H,7,9-12H2,1H3. The molecule has 0 radical (unpaired) electrons. The fourth-order valence-electron chi connectivity index (χ4n) is 3.05.